The molecule has 2 N–H and O–H groups in total. The van der Waals surface area contributed by atoms with Crippen LogP contribution in [0.4, 0.5) is 0 Å². The summed E-state index contributed by atoms with van der Waals surface area (Å²) in [5, 5.41) is 5.67. The fourth-order valence-corrected chi connectivity index (χ4v) is 1.88. The Morgan fingerprint density at radius 1 is 0.944 bits per heavy atom. The lowest BCUT2D eigenvalue weighted by Gasteiger charge is -2.34. The minimum atomic E-state index is 0.0129. The first-order valence-corrected chi connectivity index (χ1v) is 6.72. The predicted molar refractivity (Wildman–Crippen MR) is 73.1 cm³/mol. The lowest BCUT2D eigenvalue weighted by molar-refractivity contribution is -0.907. The van der Waals surface area contributed by atoms with Gasteiger partial charge in [0.1, 0.15) is 0 Å². The fraction of sp³-hybridized carbons (Fsp3) is 0.846. The van der Waals surface area contributed by atoms with Crippen molar-refractivity contribution in [3.8, 4) is 0 Å². The molecule has 0 aliphatic rings. The van der Waals surface area contributed by atoms with Crippen LogP contribution in [0.5, 0.6) is 0 Å². The van der Waals surface area contributed by atoms with Gasteiger partial charge in [-0.1, -0.05) is 13.3 Å². The van der Waals surface area contributed by atoms with Crippen LogP contribution in [0.3, 0.4) is 0 Å². The van der Waals surface area contributed by atoms with Crippen LogP contribution in [0.2, 0.25) is 0 Å². The van der Waals surface area contributed by atoms with E-state index in [0.717, 1.165) is 37.0 Å². The summed E-state index contributed by atoms with van der Waals surface area (Å²) in [6.45, 7) is 9.51. The highest BCUT2D eigenvalue weighted by Crippen LogP contribution is 2.04. The highest BCUT2D eigenvalue weighted by molar-refractivity contribution is 5.73. The zero-order valence-electron chi connectivity index (χ0n) is 12.2. The third-order valence-electron chi connectivity index (χ3n) is 3.10. The van der Waals surface area contributed by atoms with Gasteiger partial charge in [0.05, 0.1) is 39.8 Å². The Morgan fingerprint density at radius 3 is 1.72 bits per heavy atom. The van der Waals surface area contributed by atoms with E-state index in [9.17, 15) is 9.59 Å². The molecule has 18 heavy (non-hydrogen) atoms. The number of carbonyl (C=O) groups excluding carboxylic acids is 2. The summed E-state index contributed by atoms with van der Waals surface area (Å²) in [5.74, 6) is 0.0257. The number of likely N-dealkylation sites (N-methyl/N-ethyl adjacent to an activating group) is 1. The Morgan fingerprint density at radius 2 is 1.39 bits per heavy atom. The quantitative estimate of drug-likeness (QED) is 0.592. The van der Waals surface area contributed by atoms with Gasteiger partial charge >= 0.3 is 0 Å². The minimum absolute atomic E-state index is 0.0129. The molecule has 0 atom stereocenters. The molecule has 0 aromatic rings. The van der Waals surface area contributed by atoms with Gasteiger partial charge in [-0.05, 0) is 6.42 Å². The number of rotatable bonds is 9. The SMILES string of the molecule is CCCC[N+](C)(CCNC(C)=O)CCNC(C)=O. The average Bonchev–Trinajstić information content (AvgIpc) is 2.25. The lowest BCUT2D eigenvalue weighted by atomic mass is 10.2. The standard InChI is InChI=1S/C13H27N3O2/c1-5-6-9-16(4,10-7-14-12(2)17)11-8-15-13(3)18/h5-11H2,1-4H3,(H-,14,15,17,18)/p+1. The molecule has 0 aromatic heterocycles. The second-order valence-electron chi connectivity index (χ2n) is 5.11. The molecule has 0 unspecified atom stereocenters. The van der Waals surface area contributed by atoms with Crippen molar-refractivity contribution in [2.45, 2.75) is 33.6 Å². The molecule has 106 valence electrons. The molecule has 5 heteroatoms. The van der Waals surface area contributed by atoms with Crippen molar-refractivity contribution in [1.29, 1.82) is 0 Å². The Balaban J connectivity index is 4.13. The van der Waals surface area contributed by atoms with Crippen molar-refractivity contribution in [3.63, 3.8) is 0 Å². The minimum Gasteiger partial charge on any atom is -0.351 e. The van der Waals surface area contributed by atoms with Gasteiger partial charge in [0, 0.05) is 13.8 Å². The van der Waals surface area contributed by atoms with Crippen LogP contribution in [0.25, 0.3) is 0 Å². The third-order valence-corrected chi connectivity index (χ3v) is 3.10. The van der Waals surface area contributed by atoms with Crippen molar-refractivity contribution in [3.05, 3.63) is 0 Å². The molecule has 0 fully saturated rings. The monoisotopic (exact) mass is 258 g/mol. The molecule has 0 bridgehead atoms. The maximum Gasteiger partial charge on any atom is 0.217 e. The summed E-state index contributed by atoms with van der Waals surface area (Å²) in [6, 6.07) is 0. The highest BCUT2D eigenvalue weighted by Gasteiger charge is 2.20. The number of nitrogens with zero attached hydrogens (tertiary/aromatic N) is 1. The van der Waals surface area contributed by atoms with Gasteiger partial charge in [-0.2, -0.15) is 0 Å². The van der Waals surface area contributed by atoms with Gasteiger partial charge in [-0.3, -0.25) is 9.59 Å². The van der Waals surface area contributed by atoms with Crippen LogP contribution in [0.1, 0.15) is 33.6 Å². The van der Waals surface area contributed by atoms with Crippen molar-refractivity contribution >= 4 is 11.8 Å². The summed E-state index contributed by atoms with van der Waals surface area (Å²) in [7, 11) is 2.18. The van der Waals surface area contributed by atoms with Gasteiger partial charge in [0.15, 0.2) is 0 Å². The smallest absolute Gasteiger partial charge is 0.217 e. The highest BCUT2D eigenvalue weighted by atomic mass is 16.2. The van der Waals surface area contributed by atoms with E-state index in [1.165, 1.54) is 13.8 Å². The number of quaternary nitrogens is 1. The molecule has 5 nitrogen and oxygen atoms in total. The topological polar surface area (TPSA) is 58.2 Å². The van der Waals surface area contributed by atoms with Gasteiger partial charge < -0.3 is 15.1 Å². The van der Waals surface area contributed by atoms with Crippen molar-refractivity contribution in [2.75, 3.05) is 39.8 Å². The molecule has 0 radical (unpaired) electrons. The van der Waals surface area contributed by atoms with Crippen molar-refractivity contribution < 1.29 is 14.1 Å². The Kier molecular flexibility index (Phi) is 8.37. The first-order valence-electron chi connectivity index (χ1n) is 6.72. The Hall–Kier alpha value is -1.10. The molecule has 0 aliphatic heterocycles. The molecular formula is C13H28N3O2+. The van der Waals surface area contributed by atoms with E-state index in [1.54, 1.807) is 0 Å². The second-order valence-corrected chi connectivity index (χ2v) is 5.11. The third kappa shape index (κ3) is 8.98. The predicted octanol–water partition coefficient (Wildman–Crippen LogP) is 0.505. The van der Waals surface area contributed by atoms with Gasteiger partial charge in [-0.15, -0.1) is 0 Å². The number of amides is 2. The molecule has 2 amide bonds. The van der Waals surface area contributed by atoms with Gasteiger partial charge in [0.25, 0.3) is 0 Å². The van der Waals surface area contributed by atoms with Crippen molar-refractivity contribution in [2.24, 2.45) is 0 Å². The molecule has 0 saturated carbocycles. The van der Waals surface area contributed by atoms with E-state index in [1.807, 2.05) is 0 Å². The normalized spacial score (nSPS) is 11.1. The summed E-state index contributed by atoms with van der Waals surface area (Å²) < 4.78 is 0.883. The van der Waals surface area contributed by atoms with Crippen LogP contribution in [0.15, 0.2) is 0 Å². The van der Waals surface area contributed by atoms with Crippen LogP contribution < -0.4 is 10.6 Å². The van der Waals surface area contributed by atoms with Crippen LogP contribution in [-0.2, 0) is 9.59 Å². The number of hydrogen-bond donors (Lipinski definition) is 2. The van der Waals surface area contributed by atoms with Gasteiger partial charge in [0.2, 0.25) is 11.8 Å². The number of carbonyl (C=O) groups is 2. The van der Waals surface area contributed by atoms with E-state index in [4.69, 9.17) is 0 Å². The fourth-order valence-electron chi connectivity index (χ4n) is 1.88. The molecule has 0 aliphatic carbocycles. The summed E-state index contributed by atoms with van der Waals surface area (Å²) in [6.07, 6.45) is 2.32. The van der Waals surface area contributed by atoms with Crippen LogP contribution in [0, 0.1) is 0 Å². The number of hydrogen-bond acceptors (Lipinski definition) is 2. The summed E-state index contributed by atoms with van der Waals surface area (Å²) in [5.41, 5.74) is 0. The second kappa shape index (κ2) is 8.91. The molecule has 0 rings (SSSR count). The Labute approximate surface area is 111 Å². The molecule has 0 spiro atoms. The summed E-state index contributed by atoms with van der Waals surface area (Å²) in [4.78, 5) is 21.7. The van der Waals surface area contributed by atoms with E-state index in [-0.39, 0.29) is 11.8 Å². The number of nitrogens with one attached hydrogen (secondary N) is 2. The zero-order valence-corrected chi connectivity index (χ0v) is 12.2. The van der Waals surface area contributed by atoms with E-state index in [0.29, 0.717) is 13.1 Å². The van der Waals surface area contributed by atoms with Crippen LogP contribution >= 0.6 is 0 Å². The van der Waals surface area contributed by atoms with E-state index in [2.05, 4.69) is 24.6 Å². The van der Waals surface area contributed by atoms with Crippen molar-refractivity contribution in [1.82, 2.24) is 10.6 Å². The van der Waals surface area contributed by atoms with E-state index >= 15 is 0 Å². The molecule has 0 heterocycles. The Bertz CT molecular complexity index is 247. The van der Waals surface area contributed by atoms with E-state index < -0.39 is 0 Å². The molecular weight excluding hydrogens is 230 g/mol. The first kappa shape index (κ1) is 16.9. The van der Waals surface area contributed by atoms with Gasteiger partial charge in [-0.25, -0.2) is 0 Å². The summed E-state index contributed by atoms with van der Waals surface area (Å²) >= 11 is 0. The molecule has 0 saturated heterocycles. The maximum absolute atomic E-state index is 10.9. The zero-order chi connectivity index (χ0) is 14.0. The average molecular weight is 258 g/mol. The molecule has 0 aromatic carbocycles. The largest absolute Gasteiger partial charge is 0.351 e. The first-order chi connectivity index (χ1) is 8.39. The lowest BCUT2D eigenvalue weighted by Crippen LogP contribution is -2.52. The van der Waals surface area contributed by atoms with Crippen LogP contribution in [-0.4, -0.2) is 56.1 Å². The maximum atomic E-state index is 10.9. The number of unbranched alkanes of at least 4 members (excludes halogenated alkanes) is 1.